The molecule has 0 bridgehead atoms. The third kappa shape index (κ3) is 3.46. The van der Waals surface area contributed by atoms with Crippen LogP contribution in [0, 0.1) is 6.92 Å². The van der Waals surface area contributed by atoms with Crippen LogP contribution >= 0.6 is 11.8 Å². The second kappa shape index (κ2) is 7.28. The Labute approximate surface area is 159 Å². The van der Waals surface area contributed by atoms with Crippen molar-refractivity contribution >= 4 is 22.7 Å². The van der Waals surface area contributed by atoms with Gasteiger partial charge in [0.25, 0.3) is 0 Å². The highest BCUT2D eigenvalue weighted by atomic mass is 32.2. The maximum absolute atomic E-state index is 12.0. The number of methoxy groups -OCH3 is 1. The molecule has 4 aromatic rings. The molecule has 7 heteroatoms. The zero-order valence-corrected chi connectivity index (χ0v) is 15.7. The molecule has 2 aromatic carbocycles. The number of hydrogen-bond donors (Lipinski definition) is 0. The number of para-hydroxylation sites is 1. The summed E-state index contributed by atoms with van der Waals surface area (Å²) in [6.45, 7) is 1.92. The summed E-state index contributed by atoms with van der Waals surface area (Å²) in [5.74, 6) is 2.03. The molecule has 0 fully saturated rings. The van der Waals surface area contributed by atoms with Crippen molar-refractivity contribution < 1.29 is 9.15 Å². The molecule has 136 valence electrons. The largest absolute Gasteiger partial charge is 0.497 e. The SMILES string of the molecule is COc1ccc2c(CSc3nnc(C)n3-c3ccccc3)cc(=O)oc2c1. The molecule has 0 aliphatic carbocycles. The van der Waals surface area contributed by atoms with Crippen molar-refractivity contribution in [2.75, 3.05) is 7.11 Å². The topological polar surface area (TPSA) is 70.2 Å². The molecule has 0 unspecified atom stereocenters. The smallest absolute Gasteiger partial charge is 0.336 e. The lowest BCUT2D eigenvalue weighted by Crippen LogP contribution is -2.02. The van der Waals surface area contributed by atoms with E-state index in [-0.39, 0.29) is 5.63 Å². The van der Waals surface area contributed by atoms with E-state index in [9.17, 15) is 4.79 Å². The first-order valence-electron chi connectivity index (χ1n) is 8.37. The summed E-state index contributed by atoms with van der Waals surface area (Å²) < 4.78 is 12.5. The quantitative estimate of drug-likeness (QED) is 0.386. The standard InChI is InChI=1S/C20H17N3O3S/c1-13-21-22-20(23(13)15-6-4-3-5-7-15)27-12-14-10-19(24)26-18-11-16(25-2)8-9-17(14)18/h3-11H,12H2,1-2H3. The molecular weight excluding hydrogens is 362 g/mol. The van der Waals surface area contributed by atoms with Gasteiger partial charge in [-0.3, -0.25) is 4.57 Å². The van der Waals surface area contributed by atoms with E-state index < -0.39 is 0 Å². The summed E-state index contributed by atoms with van der Waals surface area (Å²) in [5, 5.41) is 10.1. The Balaban J connectivity index is 1.68. The molecule has 0 aliphatic heterocycles. The predicted octanol–water partition coefficient (Wildman–Crippen LogP) is 3.98. The van der Waals surface area contributed by atoms with Gasteiger partial charge in [-0.2, -0.15) is 0 Å². The molecular formula is C20H17N3O3S. The van der Waals surface area contributed by atoms with Crippen molar-refractivity contribution in [1.82, 2.24) is 14.8 Å². The molecule has 0 saturated heterocycles. The van der Waals surface area contributed by atoms with Gasteiger partial charge in [0.2, 0.25) is 0 Å². The van der Waals surface area contributed by atoms with Crippen molar-refractivity contribution in [2.45, 2.75) is 17.8 Å². The zero-order chi connectivity index (χ0) is 18.8. The molecule has 2 aromatic heterocycles. The van der Waals surface area contributed by atoms with Gasteiger partial charge in [-0.25, -0.2) is 4.79 Å². The van der Waals surface area contributed by atoms with Crippen molar-refractivity contribution in [3.05, 3.63) is 76.4 Å². The molecule has 4 rings (SSSR count). The van der Waals surface area contributed by atoms with Crippen LogP contribution in [0.15, 0.2) is 69.0 Å². The molecule has 2 heterocycles. The molecule has 0 amide bonds. The average molecular weight is 379 g/mol. The van der Waals surface area contributed by atoms with E-state index in [1.54, 1.807) is 13.2 Å². The fraction of sp³-hybridized carbons (Fsp3) is 0.150. The number of thioether (sulfide) groups is 1. The second-order valence-corrected chi connectivity index (χ2v) is 6.88. The summed E-state index contributed by atoms with van der Waals surface area (Å²) in [5.41, 5.74) is 2.02. The van der Waals surface area contributed by atoms with Crippen LogP contribution in [0.25, 0.3) is 16.7 Å². The summed E-state index contributed by atoms with van der Waals surface area (Å²) in [6, 6.07) is 17.0. The van der Waals surface area contributed by atoms with Gasteiger partial charge in [-0.15, -0.1) is 10.2 Å². The average Bonchev–Trinajstić information content (AvgIpc) is 3.06. The number of fused-ring (bicyclic) bond motifs is 1. The summed E-state index contributed by atoms with van der Waals surface area (Å²) >= 11 is 1.53. The summed E-state index contributed by atoms with van der Waals surface area (Å²) in [7, 11) is 1.58. The van der Waals surface area contributed by atoms with Crippen LogP contribution < -0.4 is 10.4 Å². The minimum atomic E-state index is -0.382. The third-order valence-corrected chi connectivity index (χ3v) is 5.18. The van der Waals surface area contributed by atoms with Crippen LogP contribution in [-0.2, 0) is 5.75 Å². The summed E-state index contributed by atoms with van der Waals surface area (Å²) in [4.78, 5) is 12.0. The third-order valence-electron chi connectivity index (χ3n) is 4.20. The maximum atomic E-state index is 12.0. The normalized spacial score (nSPS) is 11.0. The lowest BCUT2D eigenvalue weighted by Gasteiger charge is -2.09. The van der Waals surface area contributed by atoms with Gasteiger partial charge >= 0.3 is 5.63 Å². The monoisotopic (exact) mass is 379 g/mol. The van der Waals surface area contributed by atoms with Crippen LogP contribution in [0.1, 0.15) is 11.4 Å². The van der Waals surface area contributed by atoms with E-state index >= 15 is 0 Å². The van der Waals surface area contributed by atoms with E-state index in [1.165, 1.54) is 17.8 Å². The van der Waals surface area contributed by atoms with Crippen molar-refractivity contribution in [3.8, 4) is 11.4 Å². The number of aromatic nitrogens is 3. The molecule has 0 N–H and O–H groups in total. The Morgan fingerprint density at radius 2 is 1.93 bits per heavy atom. The highest BCUT2D eigenvalue weighted by molar-refractivity contribution is 7.98. The number of hydrogen-bond acceptors (Lipinski definition) is 6. The van der Waals surface area contributed by atoms with Crippen molar-refractivity contribution in [2.24, 2.45) is 0 Å². The minimum absolute atomic E-state index is 0.382. The molecule has 6 nitrogen and oxygen atoms in total. The van der Waals surface area contributed by atoms with Crippen LogP contribution in [-0.4, -0.2) is 21.9 Å². The number of nitrogens with zero attached hydrogens (tertiary/aromatic N) is 3. The Morgan fingerprint density at radius 3 is 2.70 bits per heavy atom. The summed E-state index contributed by atoms with van der Waals surface area (Å²) in [6.07, 6.45) is 0. The molecule has 27 heavy (non-hydrogen) atoms. The van der Waals surface area contributed by atoms with Gasteiger partial charge in [0.15, 0.2) is 5.16 Å². The van der Waals surface area contributed by atoms with Crippen molar-refractivity contribution in [1.29, 1.82) is 0 Å². The molecule has 0 saturated carbocycles. The first-order chi connectivity index (χ1) is 13.2. The number of aryl methyl sites for hydroxylation is 1. The van der Waals surface area contributed by atoms with Crippen LogP contribution in [0.4, 0.5) is 0 Å². The van der Waals surface area contributed by atoms with E-state index in [2.05, 4.69) is 10.2 Å². The van der Waals surface area contributed by atoms with E-state index in [0.29, 0.717) is 17.1 Å². The number of benzene rings is 2. The number of rotatable bonds is 5. The Morgan fingerprint density at radius 1 is 1.11 bits per heavy atom. The first-order valence-corrected chi connectivity index (χ1v) is 9.35. The van der Waals surface area contributed by atoms with Crippen molar-refractivity contribution in [3.63, 3.8) is 0 Å². The molecule has 0 atom stereocenters. The zero-order valence-electron chi connectivity index (χ0n) is 14.9. The van der Waals surface area contributed by atoms with E-state index in [0.717, 1.165) is 27.6 Å². The van der Waals surface area contributed by atoms with Crippen LogP contribution in [0.5, 0.6) is 5.75 Å². The van der Waals surface area contributed by atoms with Crippen LogP contribution in [0.2, 0.25) is 0 Å². The highest BCUT2D eigenvalue weighted by Crippen LogP contribution is 2.29. The maximum Gasteiger partial charge on any atom is 0.336 e. The Hall–Kier alpha value is -3.06. The van der Waals surface area contributed by atoms with E-state index in [1.807, 2.05) is 54.0 Å². The van der Waals surface area contributed by atoms with Gasteiger partial charge in [0.05, 0.1) is 7.11 Å². The van der Waals surface area contributed by atoms with Crippen LogP contribution in [0.3, 0.4) is 0 Å². The molecule has 0 radical (unpaired) electrons. The number of ether oxygens (including phenoxy) is 1. The predicted molar refractivity (Wildman–Crippen MR) is 105 cm³/mol. The fourth-order valence-electron chi connectivity index (χ4n) is 2.91. The van der Waals surface area contributed by atoms with Gasteiger partial charge < -0.3 is 9.15 Å². The fourth-order valence-corrected chi connectivity index (χ4v) is 3.90. The lowest BCUT2D eigenvalue weighted by atomic mass is 10.1. The minimum Gasteiger partial charge on any atom is -0.497 e. The Kier molecular flexibility index (Phi) is 4.68. The van der Waals surface area contributed by atoms with E-state index in [4.69, 9.17) is 9.15 Å². The lowest BCUT2D eigenvalue weighted by molar-refractivity contribution is 0.414. The molecule has 0 aliphatic rings. The molecule has 0 spiro atoms. The van der Waals surface area contributed by atoms with Gasteiger partial charge in [-0.1, -0.05) is 30.0 Å². The Bertz CT molecular complexity index is 1150. The van der Waals surface area contributed by atoms with Gasteiger partial charge in [0, 0.05) is 29.0 Å². The first kappa shape index (κ1) is 17.4. The highest BCUT2D eigenvalue weighted by Gasteiger charge is 2.13. The van der Waals surface area contributed by atoms with Gasteiger partial charge in [0.1, 0.15) is 17.2 Å². The second-order valence-electron chi connectivity index (χ2n) is 5.94. The van der Waals surface area contributed by atoms with Gasteiger partial charge in [-0.05, 0) is 36.8 Å².